The molecular weight excluding hydrogens is 380 g/mol. The van der Waals surface area contributed by atoms with Crippen LogP contribution in [0, 0.1) is 11.8 Å². The molecule has 150 valence electrons. The van der Waals surface area contributed by atoms with E-state index in [9.17, 15) is 34.8 Å². The largest absolute Gasteiger partial charge is 0.510 e. The van der Waals surface area contributed by atoms with Crippen LogP contribution in [0.4, 0.5) is 0 Å². The molecule has 1 aromatic carbocycles. The van der Waals surface area contributed by atoms with Crippen LogP contribution in [0.1, 0.15) is 15.9 Å². The summed E-state index contributed by atoms with van der Waals surface area (Å²) in [5, 5.41) is 43.3. The summed E-state index contributed by atoms with van der Waals surface area (Å²) in [5.74, 6) is -8.28. The van der Waals surface area contributed by atoms with Gasteiger partial charge in [0.2, 0.25) is 5.78 Å². The first-order valence-corrected chi connectivity index (χ1v) is 8.75. The van der Waals surface area contributed by atoms with Gasteiger partial charge < -0.3 is 31.9 Å². The van der Waals surface area contributed by atoms with Gasteiger partial charge in [-0.3, -0.25) is 14.4 Å². The van der Waals surface area contributed by atoms with E-state index in [2.05, 4.69) is 6.58 Å². The Labute approximate surface area is 164 Å². The summed E-state index contributed by atoms with van der Waals surface area (Å²) in [5.41, 5.74) is 7.63. The Kier molecular flexibility index (Phi) is 3.86. The van der Waals surface area contributed by atoms with E-state index in [0.717, 1.165) is 0 Å². The third-order valence-corrected chi connectivity index (χ3v) is 6.04. The minimum atomic E-state index is -2.91. The minimum absolute atomic E-state index is 0.172. The lowest BCUT2D eigenvalue weighted by Crippen LogP contribution is -2.67. The van der Waals surface area contributed by atoms with Gasteiger partial charge in [-0.1, -0.05) is 30.8 Å². The molecule has 3 aliphatic carbocycles. The zero-order chi connectivity index (χ0) is 21.4. The van der Waals surface area contributed by atoms with E-state index >= 15 is 0 Å². The molecule has 29 heavy (non-hydrogen) atoms. The van der Waals surface area contributed by atoms with Crippen LogP contribution in [0.15, 0.2) is 53.5 Å². The average Bonchev–Trinajstić information content (AvgIpc) is 2.67. The molecular formula is C20H18N2O7. The van der Waals surface area contributed by atoms with Crippen LogP contribution < -0.4 is 11.5 Å². The zero-order valence-corrected chi connectivity index (χ0v) is 15.0. The van der Waals surface area contributed by atoms with Gasteiger partial charge in [-0.2, -0.15) is 0 Å². The number of carbonyl (C=O) groups is 3. The number of Topliss-reactive ketones (excluding diaryl/α,β-unsaturated/α-hetero) is 2. The van der Waals surface area contributed by atoms with Crippen molar-refractivity contribution in [3.05, 3.63) is 64.6 Å². The van der Waals surface area contributed by atoms with Crippen LogP contribution in [0.3, 0.4) is 0 Å². The molecule has 0 spiro atoms. The molecule has 0 heterocycles. The first-order valence-electron chi connectivity index (χ1n) is 8.75. The highest BCUT2D eigenvalue weighted by Gasteiger charge is 2.65. The predicted octanol–water partition coefficient (Wildman–Crippen LogP) is -0.746. The Morgan fingerprint density at radius 3 is 2.31 bits per heavy atom. The molecule has 4 rings (SSSR count). The third kappa shape index (κ3) is 2.11. The number of ketones is 2. The summed E-state index contributed by atoms with van der Waals surface area (Å²) in [4.78, 5) is 37.6. The highest BCUT2D eigenvalue weighted by molar-refractivity contribution is 6.25. The number of aliphatic hydroxyl groups excluding tert-OH is 3. The monoisotopic (exact) mass is 398 g/mol. The second-order valence-corrected chi connectivity index (χ2v) is 7.40. The first-order chi connectivity index (χ1) is 13.5. The Hall–Kier alpha value is -3.27. The van der Waals surface area contributed by atoms with Crippen molar-refractivity contribution in [1.29, 1.82) is 0 Å². The lowest BCUT2D eigenvalue weighted by Gasteiger charge is -2.50. The van der Waals surface area contributed by atoms with Crippen LogP contribution in [0.25, 0.3) is 5.57 Å². The maximum atomic E-state index is 13.1. The SMILES string of the molecule is C=C1c2ccccc2C(=O)C2=C(O)[C@]3(O)C(=O)C(C(N)=O)=C(O)[C@@H](N)[C@@H]3[C@@H](O)[C@H]12. The predicted molar refractivity (Wildman–Crippen MR) is 99.2 cm³/mol. The van der Waals surface area contributed by atoms with Crippen molar-refractivity contribution in [3.63, 3.8) is 0 Å². The fourth-order valence-corrected chi connectivity index (χ4v) is 4.65. The van der Waals surface area contributed by atoms with Gasteiger partial charge in [0, 0.05) is 11.5 Å². The van der Waals surface area contributed by atoms with E-state index in [1.165, 1.54) is 6.07 Å². The number of aliphatic hydroxyl groups is 4. The minimum Gasteiger partial charge on any atom is -0.510 e. The van der Waals surface area contributed by atoms with Crippen LogP contribution in [-0.2, 0) is 9.59 Å². The molecule has 0 saturated carbocycles. The first kappa shape index (κ1) is 19.1. The van der Waals surface area contributed by atoms with Crippen molar-refractivity contribution in [1.82, 2.24) is 0 Å². The molecule has 9 nitrogen and oxygen atoms in total. The van der Waals surface area contributed by atoms with Crippen molar-refractivity contribution in [3.8, 4) is 0 Å². The number of fused-ring (bicyclic) bond motifs is 3. The maximum absolute atomic E-state index is 13.1. The number of amides is 1. The molecule has 8 N–H and O–H groups in total. The van der Waals surface area contributed by atoms with Crippen molar-refractivity contribution < 1.29 is 34.8 Å². The number of benzene rings is 1. The van der Waals surface area contributed by atoms with E-state index in [1.807, 2.05) is 0 Å². The molecule has 5 atom stereocenters. The molecule has 0 fully saturated rings. The number of primary amides is 1. The molecule has 0 radical (unpaired) electrons. The van der Waals surface area contributed by atoms with Gasteiger partial charge in [0.15, 0.2) is 11.4 Å². The summed E-state index contributed by atoms with van der Waals surface area (Å²) in [7, 11) is 0. The highest BCUT2D eigenvalue weighted by atomic mass is 16.4. The molecule has 0 saturated heterocycles. The summed E-state index contributed by atoms with van der Waals surface area (Å²) in [6, 6.07) is 4.74. The van der Waals surface area contributed by atoms with Crippen molar-refractivity contribution >= 4 is 23.0 Å². The standard InChI is InChI=1S/C20H18N2O7/c1-6-7-4-2-3-5-8(7)14(23)10-9(6)15(24)12-13(21)16(25)11(19(22)28)18(27)20(12,29)17(10)26/h2-5,9,12-13,15,24-26,29H,1,21H2,(H2,22,28)/t9-,12-,13+,15+,20+/m1/s1. The normalized spacial score (nSPS) is 34.0. The van der Waals surface area contributed by atoms with Gasteiger partial charge in [0.05, 0.1) is 23.6 Å². The Morgan fingerprint density at radius 1 is 1.14 bits per heavy atom. The lowest BCUT2D eigenvalue weighted by atomic mass is 9.56. The fraction of sp³-hybridized carbons (Fsp3) is 0.250. The summed E-state index contributed by atoms with van der Waals surface area (Å²) in [6.07, 6.45) is -1.67. The molecule has 0 aromatic heterocycles. The molecule has 9 heteroatoms. The smallest absolute Gasteiger partial charge is 0.255 e. The van der Waals surface area contributed by atoms with E-state index in [-0.39, 0.29) is 11.1 Å². The zero-order valence-electron chi connectivity index (χ0n) is 15.0. The summed E-state index contributed by atoms with van der Waals surface area (Å²) >= 11 is 0. The van der Waals surface area contributed by atoms with Crippen LogP contribution >= 0.6 is 0 Å². The highest BCUT2D eigenvalue weighted by Crippen LogP contribution is 2.53. The molecule has 3 aliphatic rings. The van der Waals surface area contributed by atoms with Gasteiger partial charge in [-0.25, -0.2) is 0 Å². The number of hydrogen-bond donors (Lipinski definition) is 6. The Bertz CT molecular complexity index is 1090. The fourth-order valence-electron chi connectivity index (χ4n) is 4.65. The molecule has 0 unspecified atom stereocenters. The van der Waals surface area contributed by atoms with E-state index < -0.39 is 69.7 Å². The summed E-state index contributed by atoms with van der Waals surface area (Å²) < 4.78 is 0. The molecule has 0 bridgehead atoms. The third-order valence-electron chi connectivity index (χ3n) is 6.04. The topological polar surface area (TPSA) is 184 Å². The molecule has 1 aromatic rings. The van der Waals surface area contributed by atoms with E-state index in [1.54, 1.807) is 18.2 Å². The molecule has 1 amide bonds. The molecule has 0 aliphatic heterocycles. The van der Waals surface area contributed by atoms with Crippen molar-refractivity contribution in [2.24, 2.45) is 23.3 Å². The summed E-state index contributed by atoms with van der Waals surface area (Å²) in [6.45, 7) is 3.91. The van der Waals surface area contributed by atoms with E-state index in [0.29, 0.717) is 5.56 Å². The van der Waals surface area contributed by atoms with E-state index in [4.69, 9.17) is 11.5 Å². The Balaban J connectivity index is 2.03. The van der Waals surface area contributed by atoms with Crippen LogP contribution in [0.5, 0.6) is 0 Å². The number of rotatable bonds is 1. The second kappa shape index (κ2) is 5.86. The average molecular weight is 398 g/mol. The lowest BCUT2D eigenvalue weighted by molar-refractivity contribution is -0.154. The van der Waals surface area contributed by atoms with Gasteiger partial charge in [0.1, 0.15) is 17.1 Å². The quantitative estimate of drug-likeness (QED) is 0.334. The number of hydrogen-bond acceptors (Lipinski definition) is 8. The maximum Gasteiger partial charge on any atom is 0.255 e. The number of carbonyl (C=O) groups excluding carboxylic acids is 3. The van der Waals surface area contributed by atoms with Crippen molar-refractivity contribution in [2.45, 2.75) is 17.7 Å². The van der Waals surface area contributed by atoms with Gasteiger partial charge in [-0.05, 0) is 11.1 Å². The van der Waals surface area contributed by atoms with Gasteiger partial charge in [0.25, 0.3) is 5.91 Å². The van der Waals surface area contributed by atoms with Crippen molar-refractivity contribution in [2.75, 3.05) is 0 Å². The Morgan fingerprint density at radius 2 is 1.72 bits per heavy atom. The van der Waals surface area contributed by atoms with Gasteiger partial charge >= 0.3 is 0 Å². The number of nitrogens with two attached hydrogens (primary N) is 2. The van der Waals surface area contributed by atoms with Crippen LogP contribution in [0.2, 0.25) is 0 Å². The van der Waals surface area contributed by atoms with Crippen LogP contribution in [-0.4, -0.2) is 55.6 Å². The van der Waals surface area contributed by atoms with Gasteiger partial charge in [-0.15, -0.1) is 0 Å². The second-order valence-electron chi connectivity index (χ2n) is 7.40.